The minimum atomic E-state index is 0.707. The average Bonchev–Trinajstić information content (AvgIpc) is 2.45. The zero-order chi connectivity index (χ0) is 16.7. The second-order valence-corrected chi connectivity index (χ2v) is 7.57. The van der Waals surface area contributed by atoms with Gasteiger partial charge >= 0.3 is 0 Å². The topological polar surface area (TPSA) is 9.23 Å². The van der Waals surface area contributed by atoms with Gasteiger partial charge in [0.05, 0.1) is 33.9 Å². The molecule has 0 rings (SSSR count). The van der Waals surface area contributed by atoms with Gasteiger partial charge in [-0.2, -0.15) is 0 Å². The van der Waals surface area contributed by atoms with E-state index in [0.717, 1.165) is 23.2 Å². The summed E-state index contributed by atoms with van der Waals surface area (Å²) in [7, 11) is 4.63. The number of likely N-dealkylation sites (N-methyl/N-ethyl adjacent to an activating group) is 1. The van der Waals surface area contributed by atoms with Gasteiger partial charge in [-0.3, -0.25) is 0 Å². The van der Waals surface area contributed by atoms with E-state index in [1.165, 1.54) is 70.8 Å². The molecule has 0 atom stereocenters. The minimum absolute atomic E-state index is 0.707. The molecule has 0 bridgehead atoms. The van der Waals surface area contributed by atoms with Crippen molar-refractivity contribution >= 4 is 0 Å². The van der Waals surface area contributed by atoms with Crippen LogP contribution in [0.25, 0.3) is 0 Å². The smallest absolute Gasteiger partial charge is 0.102 e. The summed E-state index contributed by atoms with van der Waals surface area (Å²) in [5.41, 5.74) is 1.11. The third-order valence-electron chi connectivity index (χ3n) is 4.31. The standard InChI is InChI=1S/C20H42NO/c1-6-7-8-9-10-11-12-13-14-15-16-21(4,5)17-18-22-19-20(2)3/h2,6-19H2,1,3-5H3/q+1. The number of rotatable bonds is 16. The van der Waals surface area contributed by atoms with Gasteiger partial charge in [0.2, 0.25) is 0 Å². The first-order valence-electron chi connectivity index (χ1n) is 9.52. The summed E-state index contributed by atoms with van der Waals surface area (Å²) in [5, 5.41) is 0. The van der Waals surface area contributed by atoms with Crippen LogP contribution in [0.1, 0.15) is 78.1 Å². The van der Waals surface area contributed by atoms with Crippen molar-refractivity contribution in [2.24, 2.45) is 0 Å². The fourth-order valence-corrected chi connectivity index (χ4v) is 2.70. The summed E-state index contributed by atoms with van der Waals surface area (Å²) in [4.78, 5) is 0. The van der Waals surface area contributed by atoms with Crippen LogP contribution in [-0.2, 0) is 4.74 Å². The third kappa shape index (κ3) is 16.0. The second kappa shape index (κ2) is 14.3. The molecule has 0 spiro atoms. The second-order valence-electron chi connectivity index (χ2n) is 7.57. The first-order valence-corrected chi connectivity index (χ1v) is 9.52. The van der Waals surface area contributed by atoms with E-state index in [0.29, 0.717) is 6.61 Å². The van der Waals surface area contributed by atoms with E-state index in [-0.39, 0.29) is 0 Å². The summed E-state index contributed by atoms with van der Waals surface area (Å²) < 4.78 is 6.69. The molecule has 0 N–H and O–H groups in total. The molecule has 0 aromatic heterocycles. The molecule has 0 aliphatic heterocycles. The Morgan fingerprint density at radius 1 is 0.818 bits per heavy atom. The van der Waals surface area contributed by atoms with Crippen LogP contribution in [-0.4, -0.2) is 44.9 Å². The summed E-state index contributed by atoms with van der Waals surface area (Å²) in [6.07, 6.45) is 14.1. The summed E-state index contributed by atoms with van der Waals surface area (Å²) in [6.45, 7) is 12.1. The normalized spacial score (nSPS) is 11.8. The van der Waals surface area contributed by atoms with Crippen molar-refractivity contribution in [3.8, 4) is 0 Å². The van der Waals surface area contributed by atoms with E-state index in [9.17, 15) is 0 Å². The molecule has 0 amide bonds. The monoisotopic (exact) mass is 312 g/mol. The lowest BCUT2D eigenvalue weighted by Gasteiger charge is -2.29. The van der Waals surface area contributed by atoms with Crippen LogP contribution >= 0.6 is 0 Å². The fraction of sp³-hybridized carbons (Fsp3) is 0.900. The van der Waals surface area contributed by atoms with Crippen molar-refractivity contribution in [3.63, 3.8) is 0 Å². The maximum Gasteiger partial charge on any atom is 0.102 e. The molecule has 22 heavy (non-hydrogen) atoms. The number of hydrogen-bond acceptors (Lipinski definition) is 1. The highest BCUT2D eigenvalue weighted by Gasteiger charge is 2.13. The summed E-state index contributed by atoms with van der Waals surface area (Å²) in [6, 6.07) is 0. The Kier molecular flexibility index (Phi) is 14.0. The highest BCUT2D eigenvalue weighted by Crippen LogP contribution is 2.11. The molecule has 0 radical (unpaired) electrons. The van der Waals surface area contributed by atoms with Crippen molar-refractivity contribution in [3.05, 3.63) is 12.2 Å². The average molecular weight is 313 g/mol. The number of ether oxygens (including phenoxy) is 1. The SMILES string of the molecule is C=C(C)COCC[N+](C)(C)CCCCCCCCCCCC. The lowest BCUT2D eigenvalue weighted by Crippen LogP contribution is -2.43. The third-order valence-corrected chi connectivity index (χ3v) is 4.31. The Hall–Kier alpha value is -0.340. The lowest BCUT2D eigenvalue weighted by molar-refractivity contribution is -0.890. The Morgan fingerprint density at radius 2 is 1.32 bits per heavy atom. The molecule has 0 aromatic carbocycles. The predicted molar refractivity (Wildman–Crippen MR) is 99.3 cm³/mol. The molecular formula is C20H42NO+. The van der Waals surface area contributed by atoms with Crippen LogP contribution in [0.3, 0.4) is 0 Å². The molecule has 0 fully saturated rings. The van der Waals surface area contributed by atoms with E-state index in [4.69, 9.17) is 4.74 Å². The van der Waals surface area contributed by atoms with Gasteiger partial charge < -0.3 is 9.22 Å². The molecule has 0 heterocycles. The number of hydrogen-bond donors (Lipinski definition) is 0. The predicted octanol–water partition coefficient (Wildman–Crippen LogP) is 5.58. The van der Waals surface area contributed by atoms with Crippen LogP contribution in [0, 0.1) is 0 Å². The van der Waals surface area contributed by atoms with Gasteiger partial charge in [0.1, 0.15) is 6.54 Å². The molecule has 2 nitrogen and oxygen atoms in total. The molecule has 2 heteroatoms. The first-order chi connectivity index (χ1) is 10.5. The molecule has 0 aliphatic carbocycles. The van der Waals surface area contributed by atoms with Gasteiger partial charge in [0.15, 0.2) is 0 Å². The Balaban J connectivity index is 3.35. The molecule has 0 unspecified atom stereocenters. The maximum atomic E-state index is 5.62. The van der Waals surface area contributed by atoms with Gasteiger partial charge in [0, 0.05) is 0 Å². The van der Waals surface area contributed by atoms with Gasteiger partial charge in [-0.25, -0.2) is 0 Å². The molecule has 0 saturated heterocycles. The maximum absolute atomic E-state index is 5.62. The van der Waals surface area contributed by atoms with Crippen LogP contribution in [0.15, 0.2) is 12.2 Å². The zero-order valence-corrected chi connectivity index (χ0v) is 16.0. The van der Waals surface area contributed by atoms with E-state index < -0.39 is 0 Å². The molecule has 0 saturated carbocycles. The van der Waals surface area contributed by atoms with Crippen molar-refractivity contribution in [1.29, 1.82) is 0 Å². The quantitative estimate of drug-likeness (QED) is 0.205. The Bertz CT molecular complexity index is 260. The summed E-state index contributed by atoms with van der Waals surface area (Å²) >= 11 is 0. The molecule has 0 aliphatic rings. The van der Waals surface area contributed by atoms with Gasteiger partial charge in [-0.15, -0.1) is 0 Å². The number of quaternary nitrogens is 1. The van der Waals surface area contributed by atoms with Crippen molar-refractivity contribution in [1.82, 2.24) is 0 Å². The molecular weight excluding hydrogens is 270 g/mol. The van der Waals surface area contributed by atoms with Crippen LogP contribution in [0.5, 0.6) is 0 Å². The number of nitrogens with zero attached hydrogens (tertiary/aromatic N) is 1. The number of unbranched alkanes of at least 4 members (excludes halogenated alkanes) is 9. The van der Waals surface area contributed by atoms with Crippen molar-refractivity contribution in [2.45, 2.75) is 78.1 Å². The van der Waals surface area contributed by atoms with Gasteiger partial charge in [-0.1, -0.05) is 70.4 Å². The van der Waals surface area contributed by atoms with Crippen molar-refractivity contribution in [2.75, 3.05) is 40.4 Å². The Morgan fingerprint density at radius 3 is 1.82 bits per heavy atom. The first kappa shape index (κ1) is 21.7. The van der Waals surface area contributed by atoms with Crippen LogP contribution < -0.4 is 0 Å². The highest BCUT2D eigenvalue weighted by atomic mass is 16.5. The van der Waals surface area contributed by atoms with Crippen molar-refractivity contribution < 1.29 is 9.22 Å². The van der Waals surface area contributed by atoms with E-state index >= 15 is 0 Å². The largest absolute Gasteiger partial charge is 0.371 e. The Labute approximate surface area is 140 Å². The zero-order valence-electron chi connectivity index (χ0n) is 16.0. The van der Waals surface area contributed by atoms with Gasteiger partial charge in [0.25, 0.3) is 0 Å². The molecule has 0 aromatic rings. The van der Waals surface area contributed by atoms with E-state index in [2.05, 4.69) is 27.6 Å². The minimum Gasteiger partial charge on any atom is -0.371 e. The van der Waals surface area contributed by atoms with E-state index in [1.807, 2.05) is 6.92 Å². The summed E-state index contributed by atoms with van der Waals surface area (Å²) in [5.74, 6) is 0. The van der Waals surface area contributed by atoms with Crippen LogP contribution in [0.4, 0.5) is 0 Å². The highest BCUT2D eigenvalue weighted by molar-refractivity contribution is 4.87. The molecule has 132 valence electrons. The van der Waals surface area contributed by atoms with Gasteiger partial charge in [-0.05, 0) is 19.8 Å². The fourth-order valence-electron chi connectivity index (χ4n) is 2.70. The lowest BCUT2D eigenvalue weighted by atomic mass is 10.1. The van der Waals surface area contributed by atoms with E-state index in [1.54, 1.807) is 0 Å². The van der Waals surface area contributed by atoms with Crippen LogP contribution in [0.2, 0.25) is 0 Å².